The number of aromatic nitrogens is 1. The first-order valence-corrected chi connectivity index (χ1v) is 5.98. The van der Waals surface area contributed by atoms with Crippen LogP contribution in [0.5, 0.6) is 0 Å². The molecule has 0 aliphatic heterocycles. The third-order valence-electron chi connectivity index (χ3n) is 2.56. The number of anilines is 2. The van der Waals surface area contributed by atoms with Gasteiger partial charge in [-0.3, -0.25) is 0 Å². The summed E-state index contributed by atoms with van der Waals surface area (Å²) >= 11 is 5.86. The van der Waals surface area contributed by atoms with E-state index in [-0.39, 0.29) is 16.4 Å². The van der Waals surface area contributed by atoms with Gasteiger partial charge < -0.3 is 10.4 Å². The maximum absolute atomic E-state index is 12.4. The highest BCUT2D eigenvalue weighted by atomic mass is 35.5. The van der Waals surface area contributed by atoms with Crippen LogP contribution in [0.1, 0.15) is 15.9 Å². The van der Waals surface area contributed by atoms with E-state index in [2.05, 4.69) is 10.3 Å². The molecule has 1 heterocycles. The van der Waals surface area contributed by atoms with Crippen molar-refractivity contribution in [2.24, 2.45) is 0 Å². The molecule has 8 heteroatoms. The Morgan fingerprint density at radius 2 is 1.86 bits per heavy atom. The normalized spacial score (nSPS) is 11.2. The fourth-order valence-corrected chi connectivity index (χ4v) is 1.74. The van der Waals surface area contributed by atoms with Gasteiger partial charge in [0.15, 0.2) is 0 Å². The maximum Gasteiger partial charge on any atom is 0.416 e. The summed E-state index contributed by atoms with van der Waals surface area (Å²) in [5, 5.41) is 11.5. The molecule has 4 nitrogen and oxygen atoms in total. The summed E-state index contributed by atoms with van der Waals surface area (Å²) in [4.78, 5) is 14.5. The molecule has 0 saturated heterocycles. The van der Waals surface area contributed by atoms with E-state index in [1.54, 1.807) is 0 Å². The lowest BCUT2D eigenvalue weighted by Crippen LogP contribution is -2.05. The van der Waals surface area contributed by atoms with E-state index in [0.29, 0.717) is 5.69 Å². The number of carboxylic acid groups (broad SMARTS) is 1. The summed E-state index contributed by atoms with van der Waals surface area (Å²) in [6.45, 7) is 0. The number of carboxylic acids is 1. The number of rotatable bonds is 3. The van der Waals surface area contributed by atoms with E-state index >= 15 is 0 Å². The zero-order valence-corrected chi connectivity index (χ0v) is 11.0. The van der Waals surface area contributed by atoms with E-state index in [9.17, 15) is 18.0 Å². The molecule has 0 aliphatic rings. The van der Waals surface area contributed by atoms with E-state index in [0.717, 1.165) is 18.3 Å². The van der Waals surface area contributed by atoms with Crippen molar-refractivity contribution in [1.82, 2.24) is 4.98 Å². The van der Waals surface area contributed by atoms with Crippen LogP contribution in [0.4, 0.5) is 24.7 Å². The SMILES string of the molecule is O=C(O)c1cnc(Nc2ccc(C(F)(F)F)cc2)c(Cl)c1. The highest BCUT2D eigenvalue weighted by Gasteiger charge is 2.29. The molecule has 2 N–H and O–H groups in total. The number of hydrogen-bond acceptors (Lipinski definition) is 3. The average Bonchev–Trinajstić information content (AvgIpc) is 2.40. The van der Waals surface area contributed by atoms with Gasteiger partial charge >= 0.3 is 12.1 Å². The number of nitrogens with zero attached hydrogens (tertiary/aromatic N) is 1. The summed E-state index contributed by atoms with van der Waals surface area (Å²) in [6.07, 6.45) is -3.31. The smallest absolute Gasteiger partial charge is 0.416 e. The minimum atomic E-state index is -4.41. The van der Waals surface area contributed by atoms with Gasteiger partial charge in [0.2, 0.25) is 0 Å². The van der Waals surface area contributed by atoms with Crippen molar-refractivity contribution in [2.45, 2.75) is 6.18 Å². The second-order valence-electron chi connectivity index (χ2n) is 4.06. The van der Waals surface area contributed by atoms with E-state index < -0.39 is 17.7 Å². The van der Waals surface area contributed by atoms with Crippen molar-refractivity contribution in [3.8, 4) is 0 Å². The summed E-state index contributed by atoms with van der Waals surface area (Å²) < 4.78 is 37.3. The number of hydrogen-bond donors (Lipinski definition) is 2. The Morgan fingerprint density at radius 1 is 1.24 bits per heavy atom. The predicted octanol–water partition coefficient (Wildman–Crippen LogP) is 4.20. The number of alkyl halides is 3. The molecule has 0 fully saturated rings. The minimum Gasteiger partial charge on any atom is -0.478 e. The second kappa shape index (κ2) is 5.61. The third-order valence-corrected chi connectivity index (χ3v) is 2.85. The van der Waals surface area contributed by atoms with Gasteiger partial charge in [0.25, 0.3) is 0 Å². The summed E-state index contributed by atoms with van der Waals surface area (Å²) in [5.41, 5.74) is -0.508. The van der Waals surface area contributed by atoms with E-state index in [4.69, 9.17) is 16.7 Å². The molecule has 110 valence electrons. The highest BCUT2D eigenvalue weighted by Crippen LogP contribution is 2.31. The fourth-order valence-electron chi connectivity index (χ4n) is 1.53. The molecule has 2 rings (SSSR count). The second-order valence-corrected chi connectivity index (χ2v) is 4.47. The van der Waals surface area contributed by atoms with Gasteiger partial charge in [0.1, 0.15) is 5.82 Å². The molecule has 0 atom stereocenters. The quantitative estimate of drug-likeness (QED) is 0.891. The Balaban J connectivity index is 2.20. The van der Waals surface area contributed by atoms with Crippen LogP contribution in [0.2, 0.25) is 5.02 Å². The predicted molar refractivity (Wildman–Crippen MR) is 70.9 cm³/mol. The van der Waals surface area contributed by atoms with E-state index in [1.165, 1.54) is 18.2 Å². The van der Waals surface area contributed by atoms with Crippen molar-refractivity contribution in [3.05, 3.63) is 52.7 Å². The first-order chi connectivity index (χ1) is 9.77. The van der Waals surface area contributed by atoms with Crippen LogP contribution < -0.4 is 5.32 Å². The monoisotopic (exact) mass is 316 g/mol. The van der Waals surface area contributed by atoms with Gasteiger partial charge in [-0.05, 0) is 30.3 Å². The Hall–Kier alpha value is -2.28. The molecule has 21 heavy (non-hydrogen) atoms. The topological polar surface area (TPSA) is 62.2 Å². The van der Waals surface area contributed by atoms with Crippen molar-refractivity contribution in [1.29, 1.82) is 0 Å². The van der Waals surface area contributed by atoms with Gasteiger partial charge in [0.05, 0.1) is 16.1 Å². The molecule has 0 aliphatic carbocycles. The molecule has 0 amide bonds. The van der Waals surface area contributed by atoms with Crippen molar-refractivity contribution < 1.29 is 23.1 Å². The number of benzene rings is 1. The third kappa shape index (κ3) is 3.63. The zero-order chi connectivity index (χ0) is 15.6. The molecule has 2 aromatic rings. The van der Waals surface area contributed by atoms with Gasteiger partial charge in [-0.1, -0.05) is 11.6 Å². The lowest BCUT2D eigenvalue weighted by atomic mass is 10.2. The molecular formula is C13H8ClF3N2O2. The Bertz CT molecular complexity index is 672. The van der Waals surface area contributed by atoms with Crippen molar-refractivity contribution in [2.75, 3.05) is 5.32 Å². The first-order valence-electron chi connectivity index (χ1n) is 5.60. The Morgan fingerprint density at radius 3 is 2.33 bits per heavy atom. The van der Waals surface area contributed by atoms with Crippen LogP contribution >= 0.6 is 11.6 Å². The minimum absolute atomic E-state index is 0.0507. The lowest BCUT2D eigenvalue weighted by molar-refractivity contribution is -0.137. The lowest BCUT2D eigenvalue weighted by Gasteiger charge is -2.10. The molecular weight excluding hydrogens is 309 g/mol. The zero-order valence-electron chi connectivity index (χ0n) is 10.3. The number of pyridine rings is 1. The van der Waals surface area contributed by atoms with Crippen LogP contribution in [0.15, 0.2) is 36.5 Å². The maximum atomic E-state index is 12.4. The molecule has 0 radical (unpaired) electrons. The molecule has 0 bridgehead atoms. The van der Waals surface area contributed by atoms with Crippen LogP contribution in [-0.4, -0.2) is 16.1 Å². The standard InChI is InChI=1S/C13H8ClF3N2O2/c14-10-5-7(12(20)21)6-18-11(10)19-9-3-1-8(2-4-9)13(15,16)17/h1-6H,(H,18,19)(H,20,21). The summed E-state index contributed by atoms with van der Waals surface area (Å²) in [7, 11) is 0. The Kier molecular flexibility index (Phi) is 4.04. The van der Waals surface area contributed by atoms with Gasteiger partial charge in [0, 0.05) is 11.9 Å². The number of halogens is 4. The first kappa shape index (κ1) is 15.1. The van der Waals surface area contributed by atoms with Crippen LogP contribution in [0, 0.1) is 0 Å². The molecule has 1 aromatic carbocycles. The van der Waals surface area contributed by atoms with Crippen molar-refractivity contribution >= 4 is 29.1 Å². The summed E-state index contributed by atoms with van der Waals surface area (Å²) in [5.74, 6) is -1.02. The van der Waals surface area contributed by atoms with Gasteiger partial charge in [-0.25, -0.2) is 9.78 Å². The highest BCUT2D eigenvalue weighted by molar-refractivity contribution is 6.33. The van der Waals surface area contributed by atoms with E-state index in [1.807, 2.05) is 0 Å². The van der Waals surface area contributed by atoms with Crippen LogP contribution in [0.3, 0.4) is 0 Å². The number of nitrogens with one attached hydrogen (secondary N) is 1. The van der Waals surface area contributed by atoms with Crippen LogP contribution in [0.25, 0.3) is 0 Å². The van der Waals surface area contributed by atoms with Crippen LogP contribution in [-0.2, 0) is 6.18 Å². The molecule has 1 aromatic heterocycles. The molecule has 0 spiro atoms. The largest absolute Gasteiger partial charge is 0.478 e. The van der Waals surface area contributed by atoms with Gasteiger partial charge in [-0.2, -0.15) is 13.2 Å². The number of carbonyl (C=O) groups is 1. The van der Waals surface area contributed by atoms with Gasteiger partial charge in [-0.15, -0.1) is 0 Å². The van der Waals surface area contributed by atoms with Crippen molar-refractivity contribution in [3.63, 3.8) is 0 Å². The molecule has 0 unspecified atom stereocenters. The fraction of sp³-hybridized carbons (Fsp3) is 0.0769. The Labute approximate surface area is 122 Å². The molecule has 0 saturated carbocycles. The average molecular weight is 317 g/mol. The summed E-state index contributed by atoms with van der Waals surface area (Å²) in [6, 6.07) is 5.49. The number of aromatic carboxylic acids is 1.